The van der Waals surface area contributed by atoms with E-state index >= 15 is 0 Å². The number of allylic oxidation sites excluding steroid dienone is 2. The molecule has 0 spiro atoms. The molecule has 0 saturated carbocycles. The monoisotopic (exact) mass is 474 g/mol. The molecule has 1 aromatic heterocycles. The highest BCUT2D eigenvalue weighted by Gasteiger charge is 2.26. The Balaban J connectivity index is 1.74. The number of carbonyl (C=O) groups excluding carboxylic acids is 1. The topological polar surface area (TPSA) is 69.7 Å². The first kappa shape index (κ1) is 24.0. The Bertz CT molecular complexity index is 1340. The van der Waals surface area contributed by atoms with E-state index in [2.05, 4.69) is 10.3 Å². The Hall–Kier alpha value is -4.13. The van der Waals surface area contributed by atoms with Crippen LogP contribution >= 0.6 is 0 Å². The van der Waals surface area contributed by atoms with Crippen LogP contribution in [0.25, 0.3) is 17.2 Å². The summed E-state index contributed by atoms with van der Waals surface area (Å²) < 4.78 is 30.6. The number of nitrogens with one attached hydrogen (secondary N) is 1. The molecule has 35 heavy (non-hydrogen) atoms. The van der Waals surface area contributed by atoms with Gasteiger partial charge in [-0.2, -0.15) is 0 Å². The Kier molecular flexibility index (Phi) is 6.87. The number of ether oxygens (including phenoxy) is 3. The highest BCUT2D eigenvalue weighted by Crippen LogP contribution is 2.45. The zero-order valence-corrected chi connectivity index (χ0v) is 20.4. The summed E-state index contributed by atoms with van der Waals surface area (Å²) in [5.74, 6) is 1.01. The van der Waals surface area contributed by atoms with Gasteiger partial charge in [-0.15, -0.1) is 0 Å². The van der Waals surface area contributed by atoms with Crippen LogP contribution in [-0.4, -0.2) is 32.2 Å². The molecule has 0 aliphatic heterocycles. The highest BCUT2D eigenvalue weighted by molar-refractivity contribution is 6.10. The van der Waals surface area contributed by atoms with Gasteiger partial charge in [0.25, 0.3) is 0 Å². The second-order valence-electron chi connectivity index (χ2n) is 8.29. The molecule has 1 N–H and O–H groups in total. The van der Waals surface area contributed by atoms with Crippen LogP contribution in [0, 0.1) is 12.7 Å². The van der Waals surface area contributed by atoms with Crippen molar-refractivity contribution >= 4 is 28.8 Å². The summed E-state index contributed by atoms with van der Waals surface area (Å²) in [6.45, 7) is 3.85. The number of hydrogen-bond acceptors (Lipinski definition) is 5. The van der Waals surface area contributed by atoms with Gasteiger partial charge in [0.05, 0.1) is 39.6 Å². The number of nitrogens with zero attached hydrogens (tertiary/aromatic N) is 1. The van der Waals surface area contributed by atoms with E-state index in [1.807, 2.05) is 38.1 Å². The molecule has 7 heteroatoms. The fourth-order valence-electron chi connectivity index (χ4n) is 4.32. The summed E-state index contributed by atoms with van der Waals surface area (Å²) in [5.41, 5.74) is 6.53. The number of pyridine rings is 1. The van der Waals surface area contributed by atoms with Crippen LogP contribution in [0.2, 0.25) is 0 Å². The summed E-state index contributed by atoms with van der Waals surface area (Å²) in [5, 5.41) is 2.89. The molecule has 0 radical (unpaired) electrons. The van der Waals surface area contributed by atoms with Gasteiger partial charge in [0.2, 0.25) is 11.7 Å². The van der Waals surface area contributed by atoms with Crippen LogP contribution in [0.3, 0.4) is 0 Å². The minimum atomic E-state index is -0.355. The molecular weight excluding hydrogens is 447 g/mol. The summed E-state index contributed by atoms with van der Waals surface area (Å²) in [4.78, 5) is 17.0. The van der Waals surface area contributed by atoms with Gasteiger partial charge < -0.3 is 19.5 Å². The number of methoxy groups -OCH3 is 3. The Morgan fingerprint density at radius 1 is 0.971 bits per heavy atom. The first-order chi connectivity index (χ1) is 16.8. The number of carbonyl (C=O) groups is 1. The summed E-state index contributed by atoms with van der Waals surface area (Å²) in [6, 6.07) is 10.2. The summed E-state index contributed by atoms with van der Waals surface area (Å²) >= 11 is 0. The first-order valence-electron chi connectivity index (χ1n) is 11.1. The van der Waals surface area contributed by atoms with Crippen LogP contribution in [0.4, 0.5) is 10.1 Å². The third-order valence-electron chi connectivity index (χ3n) is 5.95. The molecule has 1 heterocycles. The predicted octanol–water partition coefficient (Wildman–Crippen LogP) is 5.91. The van der Waals surface area contributed by atoms with Crippen molar-refractivity contribution in [3.8, 4) is 17.2 Å². The summed E-state index contributed by atoms with van der Waals surface area (Å²) in [7, 11) is 4.68. The summed E-state index contributed by atoms with van der Waals surface area (Å²) in [6.07, 6.45) is 5.40. The third kappa shape index (κ3) is 4.89. The Labute approximate surface area is 204 Å². The van der Waals surface area contributed by atoms with Gasteiger partial charge in [0.15, 0.2) is 11.5 Å². The molecular formula is C28H27FN2O4. The molecule has 0 saturated heterocycles. The number of benzene rings is 2. The molecule has 0 fully saturated rings. The fraction of sp³-hybridized carbons (Fsp3) is 0.214. The maximum absolute atomic E-state index is 14.2. The number of halogens is 1. The second-order valence-corrected chi connectivity index (χ2v) is 8.29. The zero-order valence-electron chi connectivity index (χ0n) is 20.4. The van der Waals surface area contributed by atoms with E-state index in [0.29, 0.717) is 28.5 Å². The van der Waals surface area contributed by atoms with E-state index in [1.165, 1.54) is 12.1 Å². The standard InChI is InChI=1S/C28H27FN2O4/c1-16-8-20(15-30-14-16)31-27(32)13-23-17(2)22(21-7-6-19(29)12-24(21)23)9-18-10-25(33-3)28(35-5)26(11-18)34-4/h6-12,14-15H,13H2,1-5H3,(H,31,32)/b22-9-. The lowest BCUT2D eigenvalue weighted by atomic mass is 10.00. The lowest BCUT2D eigenvalue weighted by Gasteiger charge is -2.13. The van der Waals surface area contributed by atoms with E-state index in [1.54, 1.807) is 39.8 Å². The van der Waals surface area contributed by atoms with Crippen molar-refractivity contribution in [1.29, 1.82) is 0 Å². The number of hydrogen-bond donors (Lipinski definition) is 1. The maximum Gasteiger partial charge on any atom is 0.228 e. The van der Waals surface area contributed by atoms with Gasteiger partial charge in [-0.25, -0.2) is 4.39 Å². The van der Waals surface area contributed by atoms with E-state index < -0.39 is 0 Å². The van der Waals surface area contributed by atoms with Crippen molar-refractivity contribution in [1.82, 2.24) is 4.98 Å². The van der Waals surface area contributed by atoms with Crippen LogP contribution < -0.4 is 19.5 Å². The van der Waals surface area contributed by atoms with E-state index in [-0.39, 0.29) is 18.1 Å². The lowest BCUT2D eigenvalue weighted by molar-refractivity contribution is -0.115. The lowest BCUT2D eigenvalue weighted by Crippen LogP contribution is -2.12. The second kappa shape index (κ2) is 10.0. The number of fused-ring (bicyclic) bond motifs is 1. The predicted molar refractivity (Wildman–Crippen MR) is 135 cm³/mol. The largest absolute Gasteiger partial charge is 0.493 e. The molecule has 0 bridgehead atoms. The molecule has 0 atom stereocenters. The van der Waals surface area contributed by atoms with Crippen LogP contribution in [0.5, 0.6) is 17.2 Å². The zero-order chi connectivity index (χ0) is 25.1. The van der Waals surface area contributed by atoms with E-state index in [4.69, 9.17) is 14.2 Å². The quantitative estimate of drug-likeness (QED) is 0.461. The Morgan fingerprint density at radius 2 is 1.69 bits per heavy atom. The average Bonchev–Trinajstić information content (AvgIpc) is 3.08. The fourth-order valence-corrected chi connectivity index (χ4v) is 4.32. The number of anilines is 1. The molecule has 4 rings (SSSR count). The van der Waals surface area contributed by atoms with Gasteiger partial charge in [0.1, 0.15) is 5.82 Å². The minimum absolute atomic E-state index is 0.100. The van der Waals surface area contributed by atoms with Gasteiger partial charge in [-0.05, 0) is 89.2 Å². The van der Waals surface area contributed by atoms with Crippen molar-refractivity contribution in [2.75, 3.05) is 26.6 Å². The van der Waals surface area contributed by atoms with E-state index in [0.717, 1.165) is 33.4 Å². The van der Waals surface area contributed by atoms with Crippen molar-refractivity contribution in [2.45, 2.75) is 20.3 Å². The molecule has 1 aliphatic rings. The molecule has 0 unspecified atom stereocenters. The van der Waals surface area contributed by atoms with Crippen molar-refractivity contribution < 1.29 is 23.4 Å². The molecule has 1 amide bonds. The van der Waals surface area contributed by atoms with Crippen molar-refractivity contribution in [3.63, 3.8) is 0 Å². The minimum Gasteiger partial charge on any atom is -0.493 e. The SMILES string of the molecule is COc1cc(/C=C2/C(C)=C(CC(=O)Nc3cncc(C)c3)c3cc(F)ccc32)cc(OC)c1OC. The van der Waals surface area contributed by atoms with Crippen LogP contribution in [-0.2, 0) is 4.79 Å². The first-order valence-corrected chi connectivity index (χ1v) is 11.1. The normalized spacial score (nSPS) is 13.6. The van der Waals surface area contributed by atoms with Gasteiger partial charge >= 0.3 is 0 Å². The Morgan fingerprint density at radius 3 is 2.31 bits per heavy atom. The third-order valence-corrected chi connectivity index (χ3v) is 5.95. The van der Waals surface area contributed by atoms with Crippen molar-refractivity contribution in [3.05, 3.63) is 82.4 Å². The number of amides is 1. The molecule has 6 nitrogen and oxygen atoms in total. The van der Waals surface area contributed by atoms with Gasteiger partial charge in [-0.3, -0.25) is 9.78 Å². The van der Waals surface area contributed by atoms with E-state index in [9.17, 15) is 9.18 Å². The number of rotatable bonds is 7. The molecule has 1 aliphatic carbocycles. The smallest absolute Gasteiger partial charge is 0.228 e. The number of aryl methyl sites for hydroxylation is 1. The van der Waals surface area contributed by atoms with Crippen LogP contribution in [0.15, 0.2) is 54.4 Å². The molecule has 2 aromatic carbocycles. The van der Waals surface area contributed by atoms with Gasteiger partial charge in [-0.1, -0.05) is 6.07 Å². The van der Waals surface area contributed by atoms with Crippen LogP contribution in [0.1, 0.15) is 35.6 Å². The molecule has 180 valence electrons. The highest BCUT2D eigenvalue weighted by atomic mass is 19.1. The molecule has 3 aromatic rings. The average molecular weight is 475 g/mol. The maximum atomic E-state index is 14.2. The number of aromatic nitrogens is 1. The van der Waals surface area contributed by atoms with Crippen molar-refractivity contribution in [2.24, 2.45) is 0 Å². The van der Waals surface area contributed by atoms with Gasteiger partial charge in [0, 0.05) is 6.20 Å².